The number of piperazine rings is 1. The normalized spacial score (nSPS) is 15.1. The van der Waals surface area contributed by atoms with E-state index in [2.05, 4.69) is 25.3 Å². The summed E-state index contributed by atoms with van der Waals surface area (Å²) in [6, 6.07) is 11.0. The van der Waals surface area contributed by atoms with Gasteiger partial charge in [-0.05, 0) is 24.6 Å². The summed E-state index contributed by atoms with van der Waals surface area (Å²) in [7, 11) is 0. The summed E-state index contributed by atoms with van der Waals surface area (Å²) in [5.74, 6) is 1.04. The lowest BCUT2D eigenvalue weighted by Crippen LogP contribution is -2.48. The Bertz CT molecular complexity index is 1110. The average Bonchev–Trinajstić information content (AvgIpc) is 3.22. The SMILES string of the molecule is Cc1ccccc1-c1noc(CN2CCN(CC(=O)Nc3cc(Cl)c(Cl)cc3Cl)CC2)n1. The van der Waals surface area contributed by atoms with Crippen molar-refractivity contribution in [2.24, 2.45) is 0 Å². The molecule has 1 amide bonds. The Morgan fingerprint density at radius 3 is 2.47 bits per heavy atom. The molecule has 4 rings (SSSR count). The van der Waals surface area contributed by atoms with E-state index in [0.29, 0.717) is 39.0 Å². The van der Waals surface area contributed by atoms with Crippen LogP contribution in [-0.2, 0) is 11.3 Å². The molecule has 10 heteroatoms. The van der Waals surface area contributed by atoms with Gasteiger partial charge >= 0.3 is 0 Å². The maximum Gasteiger partial charge on any atom is 0.241 e. The van der Waals surface area contributed by atoms with Crippen LogP contribution in [-0.4, -0.2) is 58.6 Å². The van der Waals surface area contributed by atoms with Gasteiger partial charge in [0.05, 0.1) is 33.8 Å². The molecule has 0 aliphatic carbocycles. The zero-order valence-corrected chi connectivity index (χ0v) is 19.7. The van der Waals surface area contributed by atoms with E-state index >= 15 is 0 Å². The Morgan fingerprint density at radius 2 is 1.72 bits per heavy atom. The number of nitrogens with one attached hydrogen (secondary N) is 1. The van der Waals surface area contributed by atoms with Gasteiger partial charge in [0, 0.05) is 31.7 Å². The summed E-state index contributed by atoms with van der Waals surface area (Å²) in [4.78, 5) is 21.3. The van der Waals surface area contributed by atoms with Crippen LogP contribution in [0, 0.1) is 6.92 Å². The van der Waals surface area contributed by atoms with E-state index in [0.717, 1.165) is 37.3 Å². The molecule has 1 aromatic heterocycles. The molecule has 0 unspecified atom stereocenters. The number of rotatable bonds is 6. The van der Waals surface area contributed by atoms with Crippen LogP contribution in [0.4, 0.5) is 5.69 Å². The maximum absolute atomic E-state index is 12.4. The molecule has 1 fully saturated rings. The van der Waals surface area contributed by atoms with Gasteiger partial charge in [-0.25, -0.2) is 0 Å². The number of hydrogen-bond acceptors (Lipinski definition) is 6. The Balaban J connectivity index is 1.26. The predicted octanol–water partition coefficient (Wildman–Crippen LogP) is 4.76. The number of aromatic nitrogens is 2. The summed E-state index contributed by atoms with van der Waals surface area (Å²) < 4.78 is 5.45. The lowest BCUT2D eigenvalue weighted by Gasteiger charge is -2.33. The molecular formula is C22H22Cl3N5O2. The van der Waals surface area contributed by atoms with Crippen molar-refractivity contribution in [3.8, 4) is 11.4 Å². The zero-order chi connectivity index (χ0) is 22.7. The standard InChI is InChI=1S/C22H22Cl3N5O2/c1-14-4-2-3-5-15(14)22-27-21(32-28-22)13-30-8-6-29(7-9-30)12-20(31)26-19-11-17(24)16(23)10-18(19)25/h2-5,10-11H,6-9,12-13H2,1H3,(H,26,31). The maximum atomic E-state index is 12.4. The molecule has 1 saturated heterocycles. The van der Waals surface area contributed by atoms with Crippen molar-refractivity contribution in [2.75, 3.05) is 38.0 Å². The van der Waals surface area contributed by atoms with Crippen LogP contribution < -0.4 is 5.32 Å². The van der Waals surface area contributed by atoms with Gasteiger partial charge in [-0.15, -0.1) is 0 Å². The van der Waals surface area contributed by atoms with Gasteiger partial charge in [0.15, 0.2) is 0 Å². The predicted molar refractivity (Wildman–Crippen MR) is 126 cm³/mol. The molecule has 0 atom stereocenters. The number of carbonyl (C=O) groups is 1. The van der Waals surface area contributed by atoms with Crippen LogP contribution in [0.3, 0.4) is 0 Å². The number of hydrogen-bond donors (Lipinski definition) is 1. The minimum Gasteiger partial charge on any atom is -0.338 e. The second-order valence-corrected chi connectivity index (χ2v) is 8.89. The molecule has 2 aromatic carbocycles. The number of anilines is 1. The van der Waals surface area contributed by atoms with Gasteiger partial charge in [-0.2, -0.15) is 4.98 Å². The Kier molecular flexibility index (Phi) is 7.33. The molecule has 3 aromatic rings. The molecule has 2 heterocycles. The van der Waals surface area contributed by atoms with Crippen molar-refractivity contribution in [3.05, 3.63) is 62.9 Å². The molecule has 1 N–H and O–H groups in total. The van der Waals surface area contributed by atoms with E-state index in [4.69, 9.17) is 39.3 Å². The fourth-order valence-corrected chi connectivity index (χ4v) is 4.15. The van der Waals surface area contributed by atoms with Gasteiger partial charge in [0.25, 0.3) is 0 Å². The van der Waals surface area contributed by atoms with Crippen molar-refractivity contribution >= 4 is 46.4 Å². The first-order valence-electron chi connectivity index (χ1n) is 10.2. The lowest BCUT2D eigenvalue weighted by molar-refractivity contribution is -0.117. The van der Waals surface area contributed by atoms with Gasteiger partial charge in [-0.1, -0.05) is 64.2 Å². The van der Waals surface area contributed by atoms with Crippen molar-refractivity contribution in [3.63, 3.8) is 0 Å². The fraction of sp³-hybridized carbons (Fsp3) is 0.318. The Labute approximate surface area is 201 Å². The Hall–Kier alpha value is -2.16. The summed E-state index contributed by atoms with van der Waals surface area (Å²) in [5.41, 5.74) is 2.53. The molecule has 0 radical (unpaired) electrons. The first-order valence-corrected chi connectivity index (χ1v) is 11.3. The fourth-order valence-electron chi connectivity index (χ4n) is 3.56. The van der Waals surface area contributed by atoms with Gasteiger partial charge in [0.2, 0.25) is 17.6 Å². The second-order valence-electron chi connectivity index (χ2n) is 7.67. The molecule has 1 aliphatic rings. The molecule has 168 valence electrons. The highest BCUT2D eigenvalue weighted by Crippen LogP contribution is 2.32. The molecule has 1 aliphatic heterocycles. The summed E-state index contributed by atoms with van der Waals surface area (Å²) in [6.07, 6.45) is 0. The Morgan fingerprint density at radius 1 is 1.03 bits per heavy atom. The number of aryl methyl sites for hydroxylation is 1. The monoisotopic (exact) mass is 493 g/mol. The van der Waals surface area contributed by atoms with Gasteiger partial charge in [0.1, 0.15) is 0 Å². The van der Waals surface area contributed by atoms with Crippen molar-refractivity contribution in [1.82, 2.24) is 19.9 Å². The van der Waals surface area contributed by atoms with Crippen molar-refractivity contribution < 1.29 is 9.32 Å². The number of amides is 1. The number of halogens is 3. The van der Waals surface area contributed by atoms with Crippen LogP contribution in [0.1, 0.15) is 11.5 Å². The highest BCUT2D eigenvalue weighted by Gasteiger charge is 2.21. The molecule has 0 spiro atoms. The van der Waals surface area contributed by atoms with E-state index in [1.54, 1.807) is 6.07 Å². The van der Waals surface area contributed by atoms with E-state index in [1.165, 1.54) is 6.07 Å². The summed E-state index contributed by atoms with van der Waals surface area (Å²) in [6.45, 7) is 5.96. The van der Waals surface area contributed by atoms with Crippen LogP contribution >= 0.6 is 34.8 Å². The van der Waals surface area contributed by atoms with Gasteiger partial charge < -0.3 is 9.84 Å². The molecule has 32 heavy (non-hydrogen) atoms. The zero-order valence-electron chi connectivity index (χ0n) is 17.4. The quantitative estimate of drug-likeness (QED) is 0.498. The van der Waals surface area contributed by atoms with Gasteiger partial charge in [-0.3, -0.25) is 14.6 Å². The minimum atomic E-state index is -0.154. The minimum absolute atomic E-state index is 0.154. The molecular weight excluding hydrogens is 473 g/mol. The van der Waals surface area contributed by atoms with Crippen LogP contribution in [0.2, 0.25) is 15.1 Å². The first-order chi connectivity index (χ1) is 15.4. The van der Waals surface area contributed by atoms with E-state index in [-0.39, 0.29) is 12.5 Å². The van der Waals surface area contributed by atoms with Crippen LogP contribution in [0.15, 0.2) is 40.9 Å². The van der Waals surface area contributed by atoms with Crippen LogP contribution in [0.25, 0.3) is 11.4 Å². The average molecular weight is 495 g/mol. The largest absolute Gasteiger partial charge is 0.338 e. The molecule has 0 saturated carbocycles. The highest BCUT2D eigenvalue weighted by atomic mass is 35.5. The van der Waals surface area contributed by atoms with Crippen molar-refractivity contribution in [2.45, 2.75) is 13.5 Å². The third-order valence-electron chi connectivity index (χ3n) is 5.33. The topological polar surface area (TPSA) is 74.5 Å². The third kappa shape index (κ3) is 5.60. The highest BCUT2D eigenvalue weighted by molar-refractivity contribution is 6.44. The number of carbonyl (C=O) groups excluding carboxylic acids is 1. The first kappa shape index (κ1) is 23.0. The van der Waals surface area contributed by atoms with E-state index in [1.807, 2.05) is 31.2 Å². The summed E-state index contributed by atoms with van der Waals surface area (Å²) in [5, 5.41) is 7.95. The van der Waals surface area contributed by atoms with Crippen LogP contribution in [0.5, 0.6) is 0 Å². The lowest BCUT2D eigenvalue weighted by atomic mass is 10.1. The third-order valence-corrected chi connectivity index (χ3v) is 6.36. The number of benzene rings is 2. The van der Waals surface area contributed by atoms with E-state index in [9.17, 15) is 4.79 Å². The molecule has 0 bridgehead atoms. The second kappa shape index (κ2) is 10.2. The number of nitrogens with zero attached hydrogens (tertiary/aromatic N) is 4. The van der Waals surface area contributed by atoms with Crippen molar-refractivity contribution in [1.29, 1.82) is 0 Å². The summed E-state index contributed by atoms with van der Waals surface area (Å²) >= 11 is 18.1. The smallest absolute Gasteiger partial charge is 0.241 e. The molecule has 7 nitrogen and oxygen atoms in total. The van der Waals surface area contributed by atoms with E-state index < -0.39 is 0 Å².